The number of nitrogens with zero attached hydrogens (tertiary/aromatic N) is 3. The van der Waals surface area contributed by atoms with Crippen LogP contribution < -0.4 is 10.0 Å². The van der Waals surface area contributed by atoms with E-state index in [0.717, 1.165) is 16.8 Å². The van der Waals surface area contributed by atoms with Crippen molar-refractivity contribution in [1.82, 2.24) is 20.1 Å². The lowest BCUT2D eigenvalue weighted by Gasteiger charge is -2.21. The number of halogens is 5. The molecule has 18 heteroatoms. The summed E-state index contributed by atoms with van der Waals surface area (Å²) < 4.78 is 110. The van der Waals surface area contributed by atoms with Crippen LogP contribution in [0, 0.1) is 23.5 Å². The van der Waals surface area contributed by atoms with Gasteiger partial charge >= 0.3 is 6.09 Å². The van der Waals surface area contributed by atoms with Gasteiger partial charge in [0.1, 0.15) is 28.6 Å². The van der Waals surface area contributed by atoms with Crippen LogP contribution in [0.5, 0.6) is 0 Å². The number of rotatable bonds is 12. The number of anilines is 1. The van der Waals surface area contributed by atoms with E-state index in [1.54, 1.807) is 0 Å². The fraction of sp³-hybridized carbons (Fsp3) is 0.400. The minimum atomic E-state index is -4.03. The van der Waals surface area contributed by atoms with Gasteiger partial charge in [-0.25, -0.2) is 44.2 Å². The number of nitrogens with one attached hydrogen (secondary N) is 2. The quantitative estimate of drug-likeness (QED) is 0.104. The van der Waals surface area contributed by atoms with E-state index in [1.165, 1.54) is 45.0 Å². The molecule has 282 valence electrons. The molecule has 2 aromatic heterocycles. The first-order valence-electron chi connectivity index (χ1n) is 16.4. The molecule has 0 bridgehead atoms. The first-order chi connectivity index (χ1) is 24.7. The Morgan fingerprint density at radius 3 is 2.30 bits per heavy atom. The smallest absolute Gasteiger partial charge is 0.405 e. The van der Waals surface area contributed by atoms with Crippen LogP contribution in [0.2, 0.25) is 5.02 Å². The van der Waals surface area contributed by atoms with Crippen LogP contribution in [0.15, 0.2) is 42.5 Å². The number of carbonyl (C=O) groups is 1. The molecule has 0 radical (unpaired) electrons. The molecule has 4 aromatic rings. The van der Waals surface area contributed by atoms with Crippen molar-refractivity contribution in [2.45, 2.75) is 86.6 Å². The molecule has 2 fully saturated rings. The van der Waals surface area contributed by atoms with Gasteiger partial charge in [-0.05, 0) is 94.7 Å². The van der Waals surface area contributed by atoms with Gasteiger partial charge in [0.25, 0.3) is 6.43 Å². The highest BCUT2D eigenvalue weighted by Gasteiger charge is 2.51. The number of carboxylic acid groups (broad SMARTS) is 1. The second kappa shape index (κ2) is 13.8. The summed E-state index contributed by atoms with van der Waals surface area (Å²) in [5, 5.41) is 15.8. The van der Waals surface area contributed by atoms with E-state index in [0.29, 0.717) is 31.7 Å². The summed E-state index contributed by atoms with van der Waals surface area (Å²) in [5.74, 6) is 3.38. The molecular formula is C35H34ClF4N5O6S2. The van der Waals surface area contributed by atoms with Gasteiger partial charge in [-0.15, -0.1) is 0 Å². The average Bonchev–Trinajstić information content (AvgIpc) is 3.98. The highest BCUT2D eigenvalue weighted by molar-refractivity contribution is 7.94. The van der Waals surface area contributed by atoms with Crippen molar-refractivity contribution in [3.05, 3.63) is 76.1 Å². The number of hydrogen-bond acceptors (Lipinski definition) is 7. The normalized spacial score (nSPS) is 16.2. The number of sulfone groups is 1. The van der Waals surface area contributed by atoms with Gasteiger partial charge in [0.2, 0.25) is 10.0 Å². The Balaban J connectivity index is 1.58. The van der Waals surface area contributed by atoms with Crippen molar-refractivity contribution in [3.8, 4) is 23.0 Å². The number of alkyl halides is 2. The fourth-order valence-electron chi connectivity index (χ4n) is 5.98. The van der Waals surface area contributed by atoms with Gasteiger partial charge in [0, 0.05) is 17.2 Å². The summed E-state index contributed by atoms with van der Waals surface area (Å²) in [6, 6.07) is 6.99. The monoisotopic (exact) mass is 795 g/mol. The van der Waals surface area contributed by atoms with Crippen LogP contribution in [0.25, 0.3) is 22.0 Å². The molecule has 0 aliphatic heterocycles. The predicted octanol–water partition coefficient (Wildman–Crippen LogP) is 6.85. The summed E-state index contributed by atoms with van der Waals surface area (Å²) in [6.07, 6.45) is -3.05. The van der Waals surface area contributed by atoms with Crippen molar-refractivity contribution in [2.24, 2.45) is 0 Å². The number of amides is 1. The molecule has 0 saturated heterocycles. The summed E-state index contributed by atoms with van der Waals surface area (Å²) >= 11 is 6.59. The molecular weight excluding hydrogens is 762 g/mol. The topological polar surface area (TPSA) is 160 Å². The Kier molecular flexibility index (Phi) is 9.97. The van der Waals surface area contributed by atoms with E-state index in [1.807, 2.05) is 0 Å². The summed E-state index contributed by atoms with van der Waals surface area (Å²) in [5.41, 5.74) is 0.173. The summed E-state index contributed by atoms with van der Waals surface area (Å²) in [6.45, 7) is 3.46. The fourth-order valence-corrected chi connectivity index (χ4v) is 9.28. The highest BCUT2D eigenvalue weighted by atomic mass is 35.5. The molecule has 2 aromatic carbocycles. The van der Waals surface area contributed by atoms with E-state index in [9.17, 15) is 44.3 Å². The number of hydrogen-bond donors (Lipinski definition) is 3. The third-order valence-electron chi connectivity index (χ3n) is 9.36. The van der Waals surface area contributed by atoms with Gasteiger partial charge in [0.15, 0.2) is 15.7 Å². The largest absolute Gasteiger partial charge is 0.465 e. The van der Waals surface area contributed by atoms with Crippen LogP contribution >= 0.6 is 11.6 Å². The number of aromatic nitrogens is 3. The van der Waals surface area contributed by atoms with Crippen molar-refractivity contribution in [2.75, 3.05) is 4.72 Å². The molecule has 2 saturated carbocycles. The van der Waals surface area contributed by atoms with Crippen LogP contribution in [-0.2, 0) is 32.8 Å². The van der Waals surface area contributed by atoms with Gasteiger partial charge in [0.05, 0.1) is 37.7 Å². The summed E-state index contributed by atoms with van der Waals surface area (Å²) in [7, 11) is -7.66. The van der Waals surface area contributed by atoms with Gasteiger partial charge in [-0.1, -0.05) is 23.6 Å². The lowest BCUT2D eigenvalue weighted by Crippen LogP contribution is -2.33. The second-order valence-electron chi connectivity index (χ2n) is 13.9. The van der Waals surface area contributed by atoms with E-state index in [4.69, 9.17) is 11.6 Å². The van der Waals surface area contributed by atoms with Gasteiger partial charge in [-0.3, -0.25) is 9.40 Å². The number of sulfonamides is 1. The molecule has 53 heavy (non-hydrogen) atoms. The molecule has 1 atom stereocenters. The molecule has 6 rings (SSSR count). The van der Waals surface area contributed by atoms with Crippen molar-refractivity contribution >= 4 is 54.3 Å². The minimum Gasteiger partial charge on any atom is -0.465 e. The Hall–Kier alpha value is -4.40. The van der Waals surface area contributed by atoms with Gasteiger partial charge < -0.3 is 10.4 Å². The molecule has 11 nitrogen and oxygen atoms in total. The highest BCUT2D eigenvalue weighted by Crippen LogP contribution is 2.45. The Morgan fingerprint density at radius 1 is 1.08 bits per heavy atom. The first kappa shape index (κ1) is 38.3. The summed E-state index contributed by atoms with van der Waals surface area (Å²) in [4.78, 5) is 16.8. The number of pyridine rings is 1. The maximum atomic E-state index is 14.3. The Bertz CT molecular complexity index is 2400. The zero-order valence-corrected chi connectivity index (χ0v) is 30.9. The van der Waals surface area contributed by atoms with E-state index >= 15 is 0 Å². The predicted molar refractivity (Wildman–Crippen MR) is 191 cm³/mol. The van der Waals surface area contributed by atoms with E-state index in [2.05, 4.69) is 32.0 Å². The van der Waals surface area contributed by atoms with Crippen LogP contribution in [-0.4, -0.2) is 64.0 Å². The number of fused-ring (bicyclic) bond motifs is 1. The SMILES string of the molecule is CC1(S(=O)(=O)Nc2nn(CC(F)F)c3c(-c4ccc(C#CC(C)(C)S(=O)(=O)C5CC5)nc4[C@H](Cc4cc(F)cc(F)c4)NC(=O)O)ccc(Cl)c23)CC1. The van der Waals surface area contributed by atoms with Crippen LogP contribution in [0.3, 0.4) is 0 Å². The van der Waals surface area contributed by atoms with Crippen molar-refractivity contribution in [1.29, 1.82) is 0 Å². The Morgan fingerprint density at radius 2 is 1.72 bits per heavy atom. The van der Waals surface area contributed by atoms with E-state index < -0.39 is 71.3 Å². The number of benzene rings is 2. The minimum absolute atomic E-state index is 0.00264. The molecule has 3 N–H and O–H groups in total. The van der Waals surface area contributed by atoms with Crippen molar-refractivity contribution in [3.63, 3.8) is 0 Å². The maximum Gasteiger partial charge on any atom is 0.405 e. The molecule has 0 unspecified atom stereocenters. The Labute approximate surface area is 308 Å². The third-order valence-corrected chi connectivity index (χ3v) is 14.7. The average molecular weight is 796 g/mol. The standard InChI is InChI=1S/C35H34ClF4N5O6S2/c1-34(2,52(48,49)23-5-6-23)11-10-22-4-7-24(30(41-22)27(42-33(46)47)16-19-14-20(37)17-21(38)15-19)25-8-9-26(36)29-31(25)45(18-28(39)40)43-32(29)44-53(50,51)35(3)12-13-35/h4,7-9,14-15,17,23,27-28,42H,5-6,12-13,16,18H2,1-3H3,(H,43,44)(H,46,47)/t27-/m0/s1. The molecule has 0 spiro atoms. The second-order valence-corrected chi connectivity index (χ2v) is 19.3. The lowest BCUT2D eigenvalue weighted by atomic mass is 9.94. The molecule has 2 aliphatic rings. The van der Waals surface area contributed by atoms with E-state index in [-0.39, 0.29) is 56.2 Å². The third kappa shape index (κ3) is 7.81. The molecule has 1 amide bonds. The van der Waals surface area contributed by atoms with Crippen LogP contribution in [0.4, 0.5) is 28.2 Å². The van der Waals surface area contributed by atoms with Gasteiger partial charge in [-0.2, -0.15) is 5.10 Å². The van der Waals surface area contributed by atoms with Crippen molar-refractivity contribution < 1.29 is 44.3 Å². The maximum absolute atomic E-state index is 14.3. The van der Waals surface area contributed by atoms with Crippen LogP contribution in [0.1, 0.15) is 69.4 Å². The molecule has 2 aliphatic carbocycles. The zero-order chi connectivity index (χ0) is 38.7. The molecule has 2 heterocycles. The first-order valence-corrected chi connectivity index (χ1v) is 19.8. The zero-order valence-electron chi connectivity index (χ0n) is 28.6. The lowest BCUT2D eigenvalue weighted by molar-refractivity contribution is 0.123.